The highest BCUT2D eigenvalue weighted by Crippen LogP contribution is 2.10. The van der Waals surface area contributed by atoms with Gasteiger partial charge in [-0.2, -0.15) is 0 Å². The van der Waals surface area contributed by atoms with Crippen LogP contribution in [0.15, 0.2) is 0 Å². The van der Waals surface area contributed by atoms with E-state index in [1.807, 2.05) is 0 Å². The first-order valence-corrected chi connectivity index (χ1v) is 9.18. The van der Waals surface area contributed by atoms with E-state index < -0.39 is 16.9 Å². The van der Waals surface area contributed by atoms with Crippen LogP contribution < -0.4 is 0 Å². The molecule has 0 aliphatic carbocycles. The molecule has 2 nitrogen and oxygen atoms in total. The van der Waals surface area contributed by atoms with Crippen LogP contribution in [0.25, 0.3) is 0 Å². The van der Waals surface area contributed by atoms with Gasteiger partial charge in [-0.25, -0.2) is 0 Å². The van der Waals surface area contributed by atoms with E-state index in [1.165, 1.54) is 57.8 Å². The second-order valence-corrected chi connectivity index (χ2v) is 6.96. The summed E-state index contributed by atoms with van der Waals surface area (Å²) in [4.78, 5) is 0. The smallest absolute Gasteiger partial charge is 0.0627 e. The van der Waals surface area contributed by atoms with E-state index in [1.54, 1.807) is 6.92 Å². The minimum atomic E-state index is -0.813. The van der Waals surface area contributed by atoms with Crippen LogP contribution in [0, 0.1) is 0 Å². The molecule has 3 heteroatoms. The van der Waals surface area contributed by atoms with Crippen LogP contribution in [0.2, 0.25) is 0 Å². The molecule has 2 atom stereocenters. The van der Waals surface area contributed by atoms with Gasteiger partial charge in [0.2, 0.25) is 0 Å². The lowest BCUT2D eigenvalue weighted by Crippen LogP contribution is -2.14. The van der Waals surface area contributed by atoms with Gasteiger partial charge in [-0.05, 0) is 13.3 Å². The maximum atomic E-state index is 11.4. The molecule has 0 radical (unpaired) electrons. The number of rotatable bonds is 13. The summed E-state index contributed by atoms with van der Waals surface area (Å²) in [6.45, 7) is 3.96. The van der Waals surface area contributed by atoms with Gasteiger partial charge in [0.25, 0.3) is 0 Å². The highest BCUT2D eigenvalue weighted by molar-refractivity contribution is 7.85. The first-order valence-electron chi connectivity index (χ1n) is 7.69. The Balaban J connectivity index is 3.09. The van der Waals surface area contributed by atoms with Gasteiger partial charge in [0.15, 0.2) is 0 Å². The number of hydrogen-bond acceptors (Lipinski definition) is 2. The lowest BCUT2D eigenvalue weighted by molar-refractivity contribution is 0.219. The number of aliphatic hydroxyl groups is 1. The van der Waals surface area contributed by atoms with Crippen molar-refractivity contribution in [2.45, 2.75) is 84.2 Å². The summed E-state index contributed by atoms with van der Waals surface area (Å²) in [5, 5.41) is 9.09. The van der Waals surface area contributed by atoms with Crippen molar-refractivity contribution in [1.82, 2.24) is 0 Å². The normalized spacial score (nSPS) is 14.6. The van der Waals surface area contributed by atoms with E-state index in [0.717, 1.165) is 12.2 Å². The maximum absolute atomic E-state index is 11.4. The van der Waals surface area contributed by atoms with Crippen molar-refractivity contribution in [3.8, 4) is 0 Å². The fourth-order valence-electron chi connectivity index (χ4n) is 2.10. The molecule has 0 amide bonds. The zero-order valence-electron chi connectivity index (χ0n) is 12.3. The highest BCUT2D eigenvalue weighted by Gasteiger charge is 2.03. The predicted octanol–water partition coefficient (Wildman–Crippen LogP) is 4.04. The third-order valence-electron chi connectivity index (χ3n) is 3.15. The number of hydrogen-bond donors (Lipinski definition) is 1. The Hall–Kier alpha value is 0.110. The lowest BCUT2D eigenvalue weighted by atomic mass is 10.1. The summed E-state index contributed by atoms with van der Waals surface area (Å²) in [5.41, 5.74) is 0. The molecular formula is C15H32O2S. The molecule has 0 heterocycles. The van der Waals surface area contributed by atoms with Gasteiger partial charge in [0.1, 0.15) is 0 Å². The van der Waals surface area contributed by atoms with Crippen molar-refractivity contribution in [2.24, 2.45) is 0 Å². The lowest BCUT2D eigenvalue weighted by Gasteiger charge is -2.04. The second kappa shape index (κ2) is 13.5. The molecule has 0 aromatic rings. The summed E-state index contributed by atoms with van der Waals surface area (Å²) in [7, 11) is -0.813. The van der Waals surface area contributed by atoms with Crippen molar-refractivity contribution in [3.05, 3.63) is 0 Å². The topological polar surface area (TPSA) is 37.3 Å². The van der Waals surface area contributed by atoms with Crippen molar-refractivity contribution < 1.29 is 9.32 Å². The van der Waals surface area contributed by atoms with Crippen LogP contribution in [0.3, 0.4) is 0 Å². The molecule has 0 spiro atoms. The first-order chi connectivity index (χ1) is 8.66. The highest BCUT2D eigenvalue weighted by atomic mass is 32.2. The zero-order valence-corrected chi connectivity index (χ0v) is 13.1. The van der Waals surface area contributed by atoms with Gasteiger partial charge < -0.3 is 5.11 Å². The number of unbranched alkanes of at least 4 members (excludes halogenated alkanes) is 9. The summed E-state index contributed by atoms with van der Waals surface area (Å²) in [6.07, 6.45) is 12.7. The summed E-state index contributed by atoms with van der Waals surface area (Å²) in [6, 6.07) is 0. The van der Waals surface area contributed by atoms with Gasteiger partial charge in [-0.3, -0.25) is 4.21 Å². The van der Waals surface area contributed by atoms with Crippen LogP contribution in [0.1, 0.15) is 78.1 Å². The van der Waals surface area contributed by atoms with E-state index in [9.17, 15) is 4.21 Å². The fourth-order valence-corrected chi connectivity index (χ4v) is 3.33. The van der Waals surface area contributed by atoms with Gasteiger partial charge in [-0.15, -0.1) is 0 Å². The summed E-state index contributed by atoms with van der Waals surface area (Å²) < 4.78 is 11.4. The molecule has 0 aliphatic rings. The van der Waals surface area contributed by atoms with Crippen LogP contribution in [-0.2, 0) is 10.8 Å². The Morgan fingerprint density at radius 1 is 0.889 bits per heavy atom. The quantitative estimate of drug-likeness (QED) is 0.516. The standard InChI is InChI=1S/C15H32O2S/c1-3-4-5-6-7-8-9-10-11-12-13-18(17)14-15(2)16/h15-16H,3-14H2,1-2H3/t15-,18-/m0/s1. The van der Waals surface area contributed by atoms with Gasteiger partial charge >= 0.3 is 0 Å². The van der Waals surface area contributed by atoms with Gasteiger partial charge in [-0.1, -0.05) is 64.7 Å². The molecule has 0 aromatic carbocycles. The van der Waals surface area contributed by atoms with Crippen molar-refractivity contribution in [2.75, 3.05) is 11.5 Å². The molecule has 0 unspecified atom stereocenters. The molecule has 1 N–H and O–H groups in total. The molecule has 110 valence electrons. The molecule has 0 fully saturated rings. The summed E-state index contributed by atoms with van der Waals surface area (Å²) in [5.74, 6) is 1.21. The Bertz CT molecular complexity index is 193. The summed E-state index contributed by atoms with van der Waals surface area (Å²) >= 11 is 0. The van der Waals surface area contributed by atoms with Gasteiger partial charge in [0, 0.05) is 22.3 Å². The largest absolute Gasteiger partial charge is 0.392 e. The molecule has 0 saturated carbocycles. The molecule has 18 heavy (non-hydrogen) atoms. The molecule has 0 aromatic heterocycles. The zero-order chi connectivity index (χ0) is 13.6. The van der Waals surface area contributed by atoms with E-state index >= 15 is 0 Å². The minimum Gasteiger partial charge on any atom is -0.392 e. The third kappa shape index (κ3) is 14.2. The van der Waals surface area contributed by atoms with Crippen molar-refractivity contribution >= 4 is 10.8 Å². The predicted molar refractivity (Wildman–Crippen MR) is 81.4 cm³/mol. The van der Waals surface area contributed by atoms with E-state index in [0.29, 0.717) is 5.75 Å². The monoisotopic (exact) mass is 276 g/mol. The van der Waals surface area contributed by atoms with Crippen LogP contribution in [-0.4, -0.2) is 26.9 Å². The maximum Gasteiger partial charge on any atom is 0.0627 e. The second-order valence-electron chi connectivity index (χ2n) is 5.34. The molecule has 0 rings (SSSR count). The molecular weight excluding hydrogens is 244 g/mol. The molecule has 0 bridgehead atoms. The van der Waals surface area contributed by atoms with E-state index in [2.05, 4.69) is 6.92 Å². The fraction of sp³-hybridized carbons (Fsp3) is 1.00. The molecule has 0 aliphatic heterocycles. The SMILES string of the molecule is CCCCCCCCCCCC[S@](=O)C[C@H](C)O. The van der Waals surface area contributed by atoms with E-state index in [-0.39, 0.29) is 0 Å². The Morgan fingerprint density at radius 2 is 1.33 bits per heavy atom. The van der Waals surface area contributed by atoms with Gasteiger partial charge in [0.05, 0.1) is 6.10 Å². The Kier molecular flexibility index (Phi) is 13.6. The average molecular weight is 276 g/mol. The van der Waals surface area contributed by atoms with Crippen LogP contribution in [0.5, 0.6) is 0 Å². The average Bonchev–Trinajstić information content (AvgIpc) is 2.30. The van der Waals surface area contributed by atoms with E-state index in [4.69, 9.17) is 5.11 Å². The third-order valence-corrected chi connectivity index (χ3v) is 4.75. The van der Waals surface area contributed by atoms with Crippen molar-refractivity contribution in [3.63, 3.8) is 0 Å². The van der Waals surface area contributed by atoms with Crippen LogP contribution in [0.4, 0.5) is 0 Å². The van der Waals surface area contributed by atoms with Crippen molar-refractivity contribution in [1.29, 1.82) is 0 Å². The minimum absolute atomic E-state index is 0.422. The molecule has 0 saturated heterocycles. The Morgan fingerprint density at radius 3 is 1.78 bits per heavy atom. The first kappa shape index (κ1) is 18.1. The van der Waals surface area contributed by atoms with Crippen LogP contribution >= 0.6 is 0 Å². The Labute approximate surface area is 116 Å². The number of aliphatic hydroxyl groups excluding tert-OH is 1.